The van der Waals surface area contributed by atoms with Crippen LogP contribution >= 0.6 is 0 Å². The fraction of sp³-hybridized carbons (Fsp3) is 0.611. The van der Waals surface area contributed by atoms with E-state index in [1.807, 2.05) is 17.0 Å². The van der Waals surface area contributed by atoms with Crippen LogP contribution in [0.15, 0.2) is 18.2 Å². The summed E-state index contributed by atoms with van der Waals surface area (Å²) in [4.78, 5) is 14.5. The third-order valence-electron chi connectivity index (χ3n) is 5.26. The molecule has 3 aliphatic rings. The minimum Gasteiger partial charge on any atom is -0.486 e. The Labute approximate surface area is 136 Å². The molecule has 1 saturated heterocycles. The SMILES string of the molecule is CC1CCN(C(=O)NC2(c3ccc4c(c3)OCCO4)CC2)CC1. The summed E-state index contributed by atoms with van der Waals surface area (Å²) >= 11 is 0. The lowest BCUT2D eigenvalue weighted by Crippen LogP contribution is -2.47. The highest BCUT2D eigenvalue weighted by Gasteiger charge is 2.47. The van der Waals surface area contributed by atoms with E-state index in [1.54, 1.807) is 0 Å². The van der Waals surface area contributed by atoms with Crippen LogP contribution in [0.25, 0.3) is 0 Å². The number of likely N-dealkylation sites (tertiary alicyclic amines) is 1. The van der Waals surface area contributed by atoms with Gasteiger partial charge < -0.3 is 19.7 Å². The van der Waals surface area contributed by atoms with Gasteiger partial charge in [0, 0.05) is 13.1 Å². The van der Waals surface area contributed by atoms with Gasteiger partial charge in [0.15, 0.2) is 11.5 Å². The molecule has 124 valence electrons. The second-order valence-electron chi connectivity index (χ2n) is 7.04. The number of nitrogens with one attached hydrogen (secondary N) is 1. The zero-order chi connectivity index (χ0) is 15.9. The predicted octanol–water partition coefficient (Wildman–Crippen LogP) is 2.89. The first-order valence-electron chi connectivity index (χ1n) is 8.63. The zero-order valence-corrected chi connectivity index (χ0v) is 13.6. The van der Waals surface area contributed by atoms with Crippen molar-refractivity contribution < 1.29 is 14.3 Å². The quantitative estimate of drug-likeness (QED) is 0.913. The molecular weight excluding hydrogens is 292 g/mol. The second-order valence-corrected chi connectivity index (χ2v) is 7.04. The Kier molecular flexibility index (Phi) is 3.58. The molecule has 1 aliphatic carbocycles. The topological polar surface area (TPSA) is 50.8 Å². The largest absolute Gasteiger partial charge is 0.486 e. The lowest BCUT2D eigenvalue weighted by atomic mass is 9.99. The minimum absolute atomic E-state index is 0.0734. The average molecular weight is 316 g/mol. The predicted molar refractivity (Wildman–Crippen MR) is 86.8 cm³/mol. The molecule has 1 saturated carbocycles. The molecule has 2 aliphatic heterocycles. The minimum atomic E-state index is -0.212. The number of hydrogen-bond acceptors (Lipinski definition) is 3. The molecule has 2 fully saturated rings. The van der Waals surface area contributed by atoms with Gasteiger partial charge in [0.05, 0.1) is 5.54 Å². The molecule has 4 rings (SSSR count). The Balaban J connectivity index is 1.47. The van der Waals surface area contributed by atoms with Gasteiger partial charge in [-0.15, -0.1) is 0 Å². The summed E-state index contributed by atoms with van der Waals surface area (Å²) in [6.45, 7) is 5.17. The van der Waals surface area contributed by atoms with Crippen LogP contribution in [0.4, 0.5) is 4.79 Å². The fourth-order valence-electron chi connectivity index (χ4n) is 3.45. The van der Waals surface area contributed by atoms with E-state index >= 15 is 0 Å². The van der Waals surface area contributed by atoms with Gasteiger partial charge in [0.2, 0.25) is 0 Å². The summed E-state index contributed by atoms with van der Waals surface area (Å²) in [6, 6.07) is 6.11. The van der Waals surface area contributed by atoms with Crippen LogP contribution in [-0.4, -0.2) is 37.2 Å². The number of ether oxygens (including phenoxy) is 2. The number of rotatable bonds is 2. The van der Waals surface area contributed by atoms with Crippen molar-refractivity contribution in [1.82, 2.24) is 10.2 Å². The first kappa shape index (κ1) is 14.7. The third-order valence-corrected chi connectivity index (χ3v) is 5.26. The number of benzene rings is 1. The van der Waals surface area contributed by atoms with Gasteiger partial charge in [0.25, 0.3) is 0 Å². The fourth-order valence-corrected chi connectivity index (χ4v) is 3.45. The lowest BCUT2D eigenvalue weighted by Gasteiger charge is -2.32. The smallest absolute Gasteiger partial charge is 0.318 e. The van der Waals surface area contributed by atoms with Crippen LogP contribution in [0.3, 0.4) is 0 Å². The molecule has 0 bridgehead atoms. The first-order valence-corrected chi connectivity index (χ1v) is 8.63. The van der Waals surface area contributed by atoms with Crippen LogP contribution in [-0.2, 0) is 5.54 Å². The summed E-state index contributed by atoms with van der Waals surface area (Å²) in [5.41, 5.74) is 0.913. The highest BCUT2D eigenvalue weighted by molar-refractivity contribution is 5.76. The van der Waals surface area contributed by atoms with Crippen LogP contribution < -0.4 is 14.8 Å². The lowest BCUT2D eigenvalue weighted by molar-refractivity contribution is 0.168. The molecule has 2 heterocycles. The molecule has 0 radical (unpaired) electrons. The molecule has 5 nitrogen and oxygen atoms in total. The van der Waals surface area contributed by atoms with Crippen LogP contribution in [0, 0.1) is 5.92 Å². The normalized spacial score (nSPS) is 22.6. The maximum atomic E-state index is 12.6. The number of carbonyl (C=O) groups excluding carboxylic acids is 1. The molecule has 2 amide bonds. The Morgan fingerprint density at radius 2 is 1.87 bits per heavy atom. The van der Waals surface area contributed by atoms with Gasteiger partial charge in [-0.3, -0.25) is 0 Å². The van der Waals surface area contributed by atoms with Gasteiger partial charge >= 0.3 is 6.03 Å². The molecule has 1 aromatic carbocycles. The van der Waals surface area contributed by atoms with E-state index < -0.39 is 0 Å². The number of piperidine rings is 1. The van der Waals surface area contributed by atoms with Gasteiger partial charge in [-0.25, -0.2) is 4.79 Å². The van der Waals surface area contributed by atoms with Gasteiger partial charge in [-0.05, 0) is 49.3 Å². The molecule has 1 aromatic rings. The first-order chi connectivity index (χ1) is 11.2. The van der Waals surface area contributed by atoms with Crippen molar-refractivity contribution in [2.45, 2.75) is 38.1 Å². The van der Waals surface area contributed by atoms with Crippen molar-refractivity contribution in [2.75, 3.05) is 26.3 Å². The van der Waals surface area contributed by atoms with Crippen molar-refractivity contribution in [2.24, 2.45) is 5.92 Å². The molecular formula is C18H24N2O3. The van der Waals surface area contributed by atoms with Crippen LogP contribution in [0.1, 0.15) is 38.2 Å². The number of fused-ring (bicyclic) bond motifs is 1. The Bertz CT molecular complexity index is 604. The number of urea groups is 1. The van der Waals surface area contributed by atoms with Crippen molar-refractivity contribution in [3.63, 3.8) is 0 Å². The Morgan fingerprint density at radius 1 is 1.17 bits per heavy atom. The molecule has 1 N–H and O–H groups in total. The number of hydrogen-bond donors (Lipinski definition) is 1. The van der Waals surface area contributed by atoms with E-state index in [0.29, 0.717) is 13.2 Å². The van der Waals surface area contributed by atoms with Crippen molar-refractivity contribution >= 4 is 6.03 Å². The summed E-state index contributed by atoms with van der Waals surface area (Å²) in [5.74, 6) is 2.32. The van der Waals surface area contributed by atoms with Crippen molar-refractivity contribution in [3.05, 3.63) is 23.8 Å². The number of nitrogens with zero attached hydrogens (tertiary/aromatic N) is 1. The molecule has 0 spiro atoms. The highest BCUT2D eigenvalue weighted by atomic mass is 16.6. The standard InChI is InChI=1S/C18H24N2O3/c1-13-4-8-20(9-5-13)17(21)19-18(6-7-18)14-2-3-15-16(12-14)23-11-10-22-15/h2-3,12-13H,4-11H2,1H3,(H,19,21). The summed E-state index contributed by atoms with van der Waals surface area (Å²) in [5, 5.41) is 3.27. The van der Waals surface area contributed by atoms with Crippen LogP contribution in [0.5, 0.6) is 11.5 Å². The van der Waals surface area contributed by atoms with E-state index in [1.165, 1.54) is 0 Å². The molecule has 0 aromatic heterocycles. The number of amides is 2. The van der Waals surface area contributed by atoms with E-state index in [4.69, 9.17) is 9.47 Å². The Morgan fingerprint density at radius 3 is 2.57 bits per heavy atom. The molecule has 0 atom stereocenters. The third kappa shape index (κ3) is 2.84. The average Bonchev–Trinajstić information content (AvgIpc) is 3.35. The van der Waals surface area contributed by atoms with E-state index in [9.17, 15) is 4.79 Å². The molecule has 23 heavy (non-hydrogen) atoms. The van der Waals surface area contributed by atoms with E-state index in [0.717, 1.165) is 61.8 Å². The van der Waals surface area contributed by atoms with Crippen molar-refractivity contribution in [3.8, 4) is 11.5 Å². The van der Waals surface area contributed by atoms with Crippen LogP contribution in [0.2, 0.25) is 0 Å². The highest BCUT2D eigenvalue weighted by Crippen LogP contribution is 2.48. The van der Waals surface area contributed by atoms with Gasteiger partial charge in [-0.2, -0.15) is 0 Å². The van der Waals surface area contributed by atoms with E-state index in [-0.39, 0.29) is 11.6 Å². The van der Waals surface area contributed by atoms with Crippen molar-refractivity contribution in [1.29, 1.82) is 0 Å². The molecule has 0 unspecified atom stereocenters. The monoisotopic (exact) mass is 316 g/mol. The Hall–Kier alpha value is -1.91. The second kappa shape index (κ2) is 5.62. The number of carbonyl (C=O) groups is 1. The van der Waals surface area contributed by atoms with Gasteiger partial charge in [0.1, 0.15) is 13.2 Å². The summed E-state index contributed by atoms with van der Waals surface area (Å²) in [6.07, 6.45) is 4.18. The maximum Gasteiger partial charge on any atom is 0.318 e. The summed E-state index contributed by atoms with van der Waals surface area (Å²) < 4.78 is 11.2. The zero-order valence-electron chi connectivity index (χ0n) is 13.6. The van der Waals surface area contributed by atoms with E-state index in [2.05, 4.69) is 18.3 Å². The maximum absolute atomic E-state index is 12.6. The van der Waals surface area contributed by atoms with Gasteiger partial charge in [-0.1, -0.05) is 13.0 Å². The summed E-state index contributed by atoms with van der Waals surface area (Å²) in [7, 11) is 0. The molecule has 5 heteroatoms.